The quantitative estimate of drug-likeness (QED) is 0.323. The van der Waals surface area contributed by atoms with Crippen molar-refractivity contribution < 1.29 is 4.74 Å². The average Bonchev–Trinajstić information content (AvgIpc) is 3.60. The molecular weight excluding hydrogens is 456 g/mol. The average molecular weight is 487 g/mol. The van der Waals surface area contributed by atoms with Crippen LogP contribution in [-0.2, 0) is 4.74 Å². The predicted molar refractivity (Wildman–Crippen MR) is 149 cm³/mol. The van der Waals surface area contributed by atoms with E-state index in [1.807, 2.05) is 24.3 Å². The Morgan fingerprint density at radius 3 is 1.14 bits per heavy atom. The minimum absolute atomic E-state index is 0.00840. The Morgan fingerprint density at radius 1 is 0.459 bits per heavy atom. The van der Waals surface area contributed by atoms with Crippen LogP contribution in [0.4, 0.5) is 0 Å². The molecule has 5 heteroatoms. The summed E-state index contributed by atoms with van der Waals surface area (Å²) in [6, 6.07) is 42.1. The molecule has 2 aliphatic rings. The van der Waals surface area contributed by atoms with E-state index < -0.39 is 0 Å². The van der Waals surface area contributed by atoms with Gasteiger partial charge in [-0.2, -0.15) is 0 Å². The molecule has 0 radical (unpaired) electrons. The largest absolute Gasteiger partial charge is 0.366 e. The fourth-order valence-electron chi connectivity index (χ4n) is 5.16. The molecule has 184 valence electrons. The van der Waals surface area contributed by atoms with Crippen LogP contribution >= 0.6 is 0 Å². The lowest BCUT2D eigenvalue weighted by molar-refractivity contribution is 0.210. The molecule has 37 heavy (non-hydrogen) atoms. The van der Waals surface area contributed by atoms with Gasteiger partial charge in [-0.05, 0) is 22.3 Å². The second kappa shape index (κ2) is 10.8. The summed E-state index contributed by atoms with van der Waals surface area (Å²) in [4.78, 5) is 10.1. The maximum atomic E-state index is 6.15. The number of aliphatic imine (C=N–C) groups is 2. The van der Waals surface area contributed by atoms with Crippen molar-refractivity contribution in [2.24, 2.45) is 9.98 Å². The maximum absolute atomic E-state index is 6.15. The number of rotatable bonds is 8. The van der Waals surface area contributed by atoms with Crippen LogP contribution in [0.15, 0.2) is 131 Å². The van der Waals surface area contributed by atoms with Gasteiger partial charge in [0.1, 0.15) is 37.0 Å². The van der Waals surface area contributed by atoms with E-state index in [2.05, 4.69) is 108 Å². The summed E-state index contributed by atoms with van der Waals surface area (Å²) in [5.41, 5.74) is 4.82. The second-order valence-electron chi connectivity index (χ2n) is 9.42. The Kier molecular flexibility index (Phi) is 6.78. The predicted octanol–water partition coefficient (Wildman–Crippen LogP) is 5.97. The molecule has 0 spiro atoms. The summed E-state index contributed by atoms with van der Waals surface area (Å²) >= 11 is 0. The van der Waals surface area contributed by atoms with Crippen LogP contribution in [-0.4, -0.2) is 24.9 Å². The van der Waals surface area contributed by atoms with Gasteiger partial charge in [-0.15, -0.1) is 0 Å². The number of ether oxygens (including phenoxy) is 1. The van der Waals surface area contributed by atoms with Gasteiger partial charge in [-0.25, -0.2) is 0 Å². The summed E-state index contributed by atoms with van der Waals surface area (Å²) in [6.45, 7) is 0.804. The molecular formula is C32H30N4O. The van der Waals surface area contributed by atoms with Crippen LogP contribution in [0.2, 0.25) is 0 Å². The van der Waals surface area contributed by atoms with Crippen LogP contribution in [0, 0.1) is 0 Å². The first-order valence-corrected chi connectivity index (χ1v) is 12.8. The molecule has 5 nitrogen and oxygen atoms in total. The molecule has 0 saturated heterocycles. The molecule has 2 heterocycles. The van der Waals surface area contributed by atoms with Crippen molar-refractivity contribution in [3.8, 4) is 0 Å². The first kappa shape index (κ1) is 23.2. The topological polar surface area (TPSA) is 58.0 Å². The lowest BCUT2D eigenvalue weighted by Gasteiger charge is -2.20. The van der Waals surface area contributed by atoms with E-state index in [-0.39, 0.29) is 24.2 Å². The third-order valence-corrected chi connectivity index (χ3v) is 6.94. The monoisotopic (exact) mass is 486 g/mol. The van der Waals surface area contributed by atoms with Gasteiger partial charge in [0.05, 0.1) is 12.1 Å². The lowest BCUT2D eigenvalue weighted by Crippen LogP contribution is -2.31. The molecule has 0 saturated carbocycles. The Balaban J connectivity index is 1.15. The van der Waals surface area contributed by atoms with Crippen LogP contribution in [0.3, 0.4) is 0 Å². The Hall–Kier alpha value is -4.22. The smallest absolute Gasteiger partial charge is 0.124 e. The molecule has 4 aromatic carbocycles. The summed E-state index contributed by atoms with van der Waals surface area (Å²) in [6.07, 6.45) is 0. The lowest BCUT2D eigenvalue weighted by atomic mass is 9.95. The number of amidine groups is 2. The molecule has 2 N–H and O–H groups in total. The molecule has 0 unspecified atom stereocenters. The van der Waals surface area contributed by atoms with Crippen LogP contribution in [0.25, 0.3) is 0 Å². The van der Waals surface area contributed by atoms with Crippen molar-refractivity contribution >= 4 is 11.7 Å². The van der Waals surface area contributed by atoms with E-state index >= 15 is 0 Å². The third kappa shape index (κ3) is 5.18. The third-order valence-electron chi connectivity index (χ3n) is 6.94. The summed E-state index contributed by atoms with van der Waals surface area (Å²) in [7, 11) is 0. The van der Waals surface area contributed by atoms with Gasteiger partial charge in [0.15, 0.2) is 0 Å². The molecule has 0 fully saturated rings. The highest BCUT2D eigenvalue weighted by atomic mass is 16.5. The van der Waals surface area contributed by atoms with Crippen molar-refractivity contribution in [3.63, 3.8) is 0 Å². The number of hydrogen-bond donors (Lipinski definition) is 2. The van der Waals surface area contributed by atoms with Crippen molar-refractivity contribution in [1.82, 2.24) is 10.6 Å². The van der Waals surface area contributed by atoms with Crippen molar-refractivity contribution in [3.05, 3.63) is 144 Å². The standard InChI is InChI=1S/C32H30N4O/c1-5-13-23(14-6-1)29-30(24-15-7-2-8-16-24)34-27(33-29)21-37-22-28-35-31(25-17-9-3-10-18-25)32(36-28)26-19-11-4-12-20-26/h1-20,29-32H,21-22H2,(H,33,34)(H,35,36)/t29-,30+,31-,32+. The van der Waals surface area contributed by atoms with Gasteiger partial charge in [-0.1, -0.05) is 121 Å². The van der Waals surface area contributed by atoms with Gasteiger partial charge in [0.25, 0.3) is 0 Å². The SMILES string of the molecule is c1ccc([C@H]2N=C(COCC3=N[C@@H](c4ccccc4)[C@@H](c4ccccc4)N3)N[C@H]2c2ccccc2)cc1. The Labute approximate surface area is 218 Å². The van der Waals surface area contributed by atoms with Crippen molar-refractivity contribution in [2.75, 3.05) is 13.2 Å². The maximum Gasteiger partial charge on any atom is 0.124 e. The normalized spacial score (nSPS) is 22.6. The number of hydrogen-bond acceptors (Lipinski definition) is 5. The first-order valence-electron chi connectivity index (χ1n) is 12.8. The zero-order valence-corrected chi connectivity index (χ0v) is 20.6. The van der Waals surface area contributed by atoms with Crippen LogP contribution in [0.5, 0.6) is 0 Å². The van der Waals surface area contributed by atoms with E-state index in [1.165, 1.54) is 22.3 Å². The minimum atomic E-state index is 0.00840. The number of nitrogens with zero attached hydrogens (tertiary/aromatic N) is 2. The fraction of sp³-hybridized carbons (Fsp3) is 0.188. The van der Waals surface area contributed by atoms with E-state index in [4.69, 9.17) is 14.7 Å². The van der Waals surface area contributed by atoms with E-state index in [9.17, 15) is 0 Å². The van der Waals surface area contributed by atoms with Gasteiger partial charge in [0, 0.05) is 0 Å². The van der Waals surface area contributed by atoms with E-state index in [1.54, 1.807) is 0 Å². The molecule has 2 aliphatic heterocycles. The van der Waals surface area contributed by atoms with Crippen molar-refractivity contribution in [2.45, 2.75) is 24.2 Å². The zero-order chi connectivity index (χ0) is 24.9. The molecule has 6 rings (SSSR count). The van der Waals surface area contributed by atoms with E-state index in [0.29, 0.717) is 13.2 Å². The highest BCUT2D eigenvalue weighted by Gasteiger charge is 2.33. The molecule has 0 bridgehead atoms. The van der Waals surface area contributed by atoms with Gasteiger partial charge in [-0.3, -0.25) is 9.98 Å². The molecule has 4 aromatic rings. The molecule has 4 atom stereocenters. The molecule has 0 aliphatic carbocycles. The van der Waals surface area contributed by atoms with Crippen molar-refractivity contribution in [1.29, 1.82) is 0 Å². The van der Waals surface area contributed by atoms with Gasteiger partial charge >= 0.3 is 0 Å². The first-order chi connectivity index (χ1) is 18.3. The Bertz CT molecular complexity index is 1250. The summed E-state index contributed by atoms with van der Waals surface area (Å²) in [5, 5.41) is 7.23. The number of benzene rings is 4. The summed E-state index contributed by atoms with van der Waals surface area (Å²) in [5.74, 6) is 1.72. The van der Waals surface area contributed by atoms with Crippen LogP contribution in [0.1, 0.15) is 46.4 Å². The summed E-state index contributed by atoms with van der Waals surface area (Å²) < 4.78 is 6.15. The number of nitrogens with one attached hydrogen (secondary N) is 2. The highest BCUT2D eigenvalue weighted by Crippen LogP contribution is 2.37. The fourth-order valence-corrected chi connectivity index (χ4v) is 5.16. The second-order valence-corrected chi connectivity index (χ2v) is 9.42. The highest BCUT2D eigenvalue weighted by molar-refractivity contribution is 5.88. The molecule has 0 aromatic heterocycles. The van der Waals surface area contributed by atoms with Gasteiger partial charge in [0.2, 0.25) is 0 Å². The van der Waals surface area contributed by atoms with Crippen LogP contribution < -0.4 is 10.6 Å². The van der Waals surface area contributed by atoms with Gasteiger partial charge < -0.3 is 15.4 Å². The van der Waals surface area contributed by atoms with E-state index in [0.717, 1.165) is 11.7 Å². The zero-order valence-electron chi connectivity index (χ0n) is 20.6. The minimum Gasteiger partial charge on any atom is -0.366 e. The molecule has 0 amide bonds. The Morgan fingerprint density at radius 2 is 0.784 bits per heavy atom.